The van der Waals surface area contributed by atoms with Gasteiger partial charge in [0.05, 0.1) is 6.10 Å². The quantitative estimate of drug-likeness (QED) is 0.664. The summed E-state index contributed by atoms with van der Waals surface area (Å²) in [5, 5.41) is 0. The fourth-order valence-corrected chi connectivity index (χ4v) is 1.55. The molecule has 0 aliphatic heterocycles. The average Bonchev–Trinajstić information content (AvgIpc) is 2.20. The molecule has 1 nitrogen and oxygen atoms in total. The maximum Gasteiger partial charge on any atom is 0.119 e. The standard InChI is InChI=1S/C13H19O/c1-3-8-12(9-4-2)14-13-10-6-5-7-11-13/h6-7,10-12H,3-4,8-9H2,1-2H3. The van der Waals surface area contributed by atoms with E-state index in [1.54, 1.807) is 0 Å². The summed E-state index contributed by atoms with van der Waals surface area (Å²) in [7, 11) is 0. The molecule has 0 N–H and O–H groups in total. The van der Waals surface area contributed by atoms with E-state index >= 15 is 0 Å². The van der Waals surface area contributed by atoms with Crippen molar-refractivity contribution in [3.63, 3.8) is 0 Å². The van der Waals surface area contributed by atoms with Crippen LogP contribution in [0.5, 0.6) is 5.75 Å². The Bertz CT molecular complexity index is 224. The van der Waals surface area contributed by atoms with Crippen molar-refractivity contribution < 1.29 is 4.74 Å². The van der Waals surface area contributed by atoms with Crippen molar-refractivity contribution in [3.8, 4) is 5.75 Å². The molecule has 0 fully saturated rings. The fourth-order valence-electron chi connectivity index (χ4n) is 1.55. The number of rotatable bonds is 6. The van der Waals surface area contributed by atoms with Gasteiger partial charge in [-0.2, -0.15) is 0 Å². The van der Waals surface area contributed by atoms with Crippen LogP contribution in [0.25, 0.3) is 0 Å². The van der Waals surface area contributed by atoms with E-state index in [0.717, 1.165) is 18.6 Å². The summed E-state index contributed by atoms with van der Waals surface area (Å²) < 4.78 is 5.88. The van der Waals surface area contributed by atoms with Crippen molar-refractivity contribution >= 4 is 0 Å². The Morgan fingerprint density at radius 3 is 2.21 bits per heavy atom. The van der Waals surface area contributed by atoms with Gasteiger partial charge in [-0.3, -0.25) is 0 Å². The lowest BCUT2D eigenvalue weighted by Crippen LogP contribution is -2.15. The van der Waals surface area contributed by atoms with Crippen LogP contribution in [0.15, 0.2) is 24.3 Å². The molecule has 0 spiro atoms. The normalized spacial score (nSPS) is 10.5. The van der Waals surface area contributed by atoms with Crippen molar-refractivity contribution in [2.45, 2.75) is 45.6 Å². The number of ether oxygens (including phenoxy) is 1. The van der Waals surface area contributed by atoms with Crippen molar-refractivity contribution in [3.05, 3.63) is 30.3 Å². The van der Waals surface area contributed by atoms with E-state index in [4.69, 9.17) is 4.74 Å². The summed E-state index contributed by atoms with van der Waals surface area (Å²) in [5.74, 6) is 0.968. The Morgan fingerprint density at radius 1 is 1.14 bits per heavy atom. The highest BCUT2D eigenvalue weighted by molar-refractivity contribution is 5.20. The minimum atomic E-state index is 0.382. The zero-order chi connectivity index (χ0) is 10.2. The van der Waals surface area contributed by atoms with Gasteiger partial charge in [0.15, 0.2) is 0 Å². The molecular weight excluding hydrogens is 172 g/mol. The van der Waals surface area contributed by atoms with Gasteiger partial charge in [-0.1, -0.05) is 38.8 Å². The fraction of sp³-hybridized carbons (Fsp3) is 0.538. The van der Waals surface area contributed by atoms with Crippen LogP contribution in [0, 0.1) is 6.07 Å². The Kier molecular flexibility index (Phi) is 5.13. The summed E-state index contributed by atoms with van der Waals surface area (Å²) in [6, 6.07) is 10.7. The molecule has 0 saturated heterocycles. The lowest BCUT2D eigenvalue weighted by molar-refractivity contribution is 0.179. The minimum absolute atomic E-state index is 0.382. The number of hydrogen-bond acceptors (Lipinski definition) is 1. The number of benzene rings is 1. The first-order chi connectivity index (χ1) is 6.86. The second-order valence-corrected chi connectivity index (χ2v) is 3.55. The van der Waals surface area contributed by atoms with Crippen LogP contribution in [-0.4, -0.2) is 6.10 Å². The molecule has 1 rings (SSSR count). The summed E-state index contributed by atoms with van der Waals surface area (Å²) in [6.07, 6.45) is 5.04. The molecule has 0 unspecified atom stereocenters. The van der Waals surface area contributed by atoms with Crippen LogP contribution in [0.4, 0.5) is 0 Å². The van der Waals surface area contributed by atoms with E-state index in [2.05, 4.69) is 19.9 Å². The van der Waals surface area contributed by atoms with E-state index < -0.39 is 0 Å². The van der Waals surface area contributed by atoms with Gasteiger partial charge in [0.2, 0.25) is 0 Å². The lowest BCUT2D eigenvalue weighted by Gasteiger charge is -2.17. The van der Waals surface area contributed by atoms with Crippen molar-refractivity contribution in [1.29, 1.82) is 0 Å². The van der Waals surface area contributed by atoms with Crippen LogP contribution < -0.4 is 4.74 Å². The van der Waals surface area contributed by atoms with Crippen LogP contribution in [0.2, 0.25) is 0 Å². The predicted molar refractivity (Wildman–Crippen MR) is 59.5 cm³/mol. The minimum Gasteiger partial charge on any atom is -0.490 e. The van der Waals surface area contributed by atoms with Gasteiger partial charge < -0.3 is 4.74 Å². The zero-order valence-corrected chi connectivity index (χ0v) is 9.12. The second kappa shape index (κ2) is 6.47. The third kappa shape index (κ3) is 3.82. The maximum atomic E-state index is 5.88. The molecule has 14 heavy (non-hydrogen) atoms. The summed E-state index contributed by atoms with van der Waals surface area (Å²) in [4.78, 5) is 0. The van der Waals surface area contributed by atoms with Gasteiger partial charge in [-0.05, 0) is 31.0 Å². The average molecular weight is 191 g/mol. The van der Waals surface area contributed by atoms with Crippen LogP contribution >= 0.6 is 0 Å². The third-order valence-corrected chi connectivity index (χ3v) is 2.21. The Morgan fingerprint density at radius 2 is 1.71 bits per heavy atom. The molecule has 0 amide bonds. The molecule has 1 radical (unpaired) electrons. The molecule has 77 valence electrons. The molecule has 0 aliphatic rings. The van der Waals surface area contributed by atoms with E-state index in [1.165, 1.54) is 12.8 Å². The molecule has 1 aromatic rings. The Hall–Kier alpha value is -0.980. The molecule has 0 bridgehead atoms. The Balaban J connectivity index is 2.46. The summed E-state index contributed by atoms with van der Waals surface area (Å²) >= 11 is 0. The van der Waals surface area contributed by atoms with Crippen molar-refractivity contribution in [1.82, 2.24) is 0 Å². The summed E-state index contributed by atoms with van der Waals surface area (Å²) in [6.45, 7) is 4.40. The molecule has 1 aromatic carbocycles. The molecule has 0 atom stereocenters. The van der Waals surface area contributed by atoms with Crippen LogP contribution in [-0.2, 0) is 0 Å². The van der Waals surface area contributed by atoms with Crippen molar-refractivity contribution in [2.75, 3.05) is 0 Å². The van der Waals surface area contributed by atoms with E-state index in [1.807, 2.05) is 24.3 Å². The van der Waals surface area contributed by atoms with Gasteiger partial charge in [-0.15, -0.1) is 0 Å². The number of hydrogen-bond donors (Lipinski definition) is 0. The first-order valence-electron chi connectivity index (χ1n) is 5.49. The summed E-state index contributed by atoms with van der Waals surface area (Å²) in [5.41, 5.74) is 0. The Labute approximate surface area is 87.1 Å². The van der Waals surface area contributed by atoms with Crippen LogP contribution in [0.3, 0.4) is 0 Å². The first-order valence-corrected chi connectivity index (χ1v) is 5.49. The largest absolute Gasteiger partial charge is 0.490 e. The highest BCUT2D eigenvalue weighted by Crippen LogP contribution is 2.16. The SMILES string of the molecule is CCCC(CCC)Oc1cc[c]cc1. The highest BCUT2D eigenvalue weighted by Gasteiger charge is 2.07. The molecule has 0 heterocycles. The molecule has 0 aromatic heterocycles. The first kappa shape index (κ1) is 11.1. The lowest BCUT2D eigenvalue weighted by atomic mass is 10.1. The van der Waals surface area contributed by atoms with Crippen molar-refractivity contribution in [2.24, 2.45) is 0 Å². The monoisotopic (exact) mass is 191 g/mol. The smallest absolute Gasteiger partial charge is 0.119 e. The van der Waals surface area contributed by atoms with Gasteiger partial charge in [0.1, 0.15) is 5.75 Å². The van der Waals surface area contributed by atoms with E-state index in [0.29, 0.717) is 6.10 Å². The predicted octanol–water partition coefficient (Wildman–Crippen LogP) is 3.83. The zero-order valence-electron chi connectivity index (χ0n) is 9.12. The van der Waals surface area contributed by atoms with E-state index in [-0.39, 0.29) is 0 Å². The molecule has 0 aliphatic carbocycles. The molecule has 1 heteroatoms. The van der Waals surface area contributed by atoms with Gasteiger partial charge >= 0.3 is 0 Å². The van der Waals surface area contributed by atoms with Gasteiger partial charge in [0.25, 0.3) is 0 Å². The maximum absolute atomic E-state index is 5.88. The van der Waals surface area contributed by atoms with Crippen LogP contribution in [0.1, 0.15) is 39.5 Å². The topological polar surface area (TPSA) is 9.23 Å². The van der Waals surface area contributed by atoms with Gasteiger partial charge in [-0.25, -0.2) is 0 Å². The van der Waals surface area contributed by atoms with E-state index in [9.17, 15) is 0 Å². The second-order valence-electron chi connectivity index (χ2n) is 3.55. The third-order valence-electron chi connectivity index (χ3n) is 2.21. The molecule has 0 saturated carbocycles. The molecular formula is C13H19O. The highest BCUT2D eigenvalue weighted by atomic mass is 16.5. The van der Waals surface area contributed by atoms with Gasteiger partial charge in [0, 0.05) is 0 Å².